The van der Waals surface area contributed by atoms with Crippen molar-refractivity contribution in [3.63, 3.8) is 0 Å². The van der Waals surface area contributed by atoms with Gasteiger partial charge in [0.15, 0.2) is 0 Å². The molecule has 5 atom stereocenters. The van der Waals surface area contributed by atoms with Gasteiger partial charge in [0, 0.05) is 31.2 Å². The molecule has 3 aliphatic rings. The third-order valence-corrected chi connectivity index (χ3v) is 15.2. The van der Waals surface area contributed by atoms with Crippen molar-refractivity contribution in [2.75, 3.05) is 32.3 Å². The van der Waals surface area contributed by atoms with Gasteiger partial charge in [0.1, 0.15) is 22.8 Å². The second kappa shape index (κ2) is 20.1. The van der Waals surface area contributed by atoms with E-state index in [0.717, 1.165) is 60.2 Å². The summed E-state index contributed by atoms with van der Waals surface area (Å²) in [5, 5.41) is 12.0. The fourth-order valence-electron chi connectivity index (χ4n) is 9.03. The van der Waals surface area contributed by atoms with Crippen LogP contribution in [0.1, 0.15) is 98.8 Å². The fraction of sp³-hybridized carbons (Fsp3) is 0.471. The topological polar surface area (TPSA) is 115 Å². The summed E-state index contributed by atoms with van der Waals surface area (Å²) in [7, 11) is -0.506. The maximum atomic E-state index is 14.3. The van der Waals surface area contributed by atoms with Gasteiger partial charge in [-0.3, -0.25) is 0 Å². The number of esters is 1. The average Bonchev–Trinajstić information content (AvgIpc) is 3.26. The second-order valence-electron chi connectivity index (χ2n) is 18.5. The summed E-state index contributed by atoms with van der Waals surface area (Å²) < 4.78 is 53.1. The number of carbonyl (C=O) groups is 1. The first kappa shape index (κ1) is 46.4. The number of aryl methyl sites for hydroxylation is 1. The zero-order chi connectivity index (χ0) is 44.9. The maximum absolute atomic E-state index is 14.3. The van der Waals surface area contributed by atoms with Crippen LogP contribution in [0.25, 0.3) is 0 Å². The molecule has 2 unspecified atom stereocenters. The number of carbonyl (C=O) groups excluding carboxylic acids is 1. The summed E-state index contributed by atoms with van der Waals surface area (Å²) in [6.07, 6.45) is 7.18. The number of hydrogen-bond acceptors (Lipinski definition) is 9. The molecule has 1 aliphatic heterocycles. The highest BCUT2D eigenvalue weighted by molar-refractivity contribution is 7.89. The quantitative estimate of drug-likeness (QED) is 0.0920. The predicted octanol–water partition coefficient (Wildman–Crippen LogP) is 10.2. The Morgan fingerprint density at radius 3 is 2.14 bits per heavy atom. The Morgan fingerprint density at radius 2 is 1.56 bits per heavy atom. The van der Waals surface area contributed by atoms with Crippen LogP contribution < -0.4 is 19.1 Å². The molecule has 0 amide bonds. The normalized spacial score (nSPS) is 20.0. The van der Waals surface area contributed by atoms with Gasteiger partial charge in [0.2, 0.25) is 10.0 Å². The van der Waals surface area contributed by atoms with Gasteiger partial charge in [-0.2, -0.15) is 4.31 Å². The molecule has 1 heterocycles. The summed E-state index contributed by atoms with van der Waals surface area (Å²) in [4.78, 5) is 15.7. The smallest absolute Gasteiger partial charge is 0.338 e. The highest BCUT2D eigenvalue weighted by Crippen LogP contribution is 2.46. The lowest BCUT2D eigenvalue weighted by Crippen LogP contribution is -2.45. The third-order valence-electron chi connectivity index (χ3n) is 12.8. The van der Waals surface area contributed by atoms with E-state index in [4.69, 9.17) is 30.5 Å². The minimum Gasteiger partial charge on any atom is -0.497 e. The molecule has 0 radical (unpaired) electrons. The van der Waals surface area contributed by atoms with Gasteiger partial charge in [-0.1, -0.05) is 48.0 Å². The molecule has 0 aromatic heterocycles. The second-order valence-corrected chi connectivity index (χ2v) is 21.3. The number of methoxy groups -OCH3 is 2. The maximum Gasteiger partial charge on any atom is 0.338 e. The van der Waals surface area contributed by atoms with Crippen molar-refractivity contribution in [2.24, 2.45) is 17.8 Å². The monoisotopic (exact) mass is 898 g/mol. The molecule has 12 heteroatoms. The minimum atomic E-state index is -3.72. The molecule has 0 saturated heterocycles. The highest BCUT2D eigenvalue weighted by atomic mass is 35.5. The van der Waals surface area contributed by atoms with Crippen LogP contribution in [0.15, 0.2) is 96.6 Å². The van der Waals surface area contributed by atoms with E-state index in [1.54, 1.807) is 31.5 Å². The number of anilines is 1. The molecule has 4 aromatic carbocycles. The molecular weight excluding hydrogens is 836 g/mol. The van der Waals surface area contributed by atoms with Crippen molar-refractivity contribution in [3.05, 3.63) is 129 Å². The average molecular weight is 900 g/mol. The number of aliphatic hydroxyl groups excluding tert-OH is 1. The van der Waals surface area contributed by atoms with E-state index < -0.39 is 27.0 Å². The SMILES string of the molecule is COc1ccc(CN(Cc2ccc(OC)cc2)S(=O)(=O)C(C)CC2C=C([C@@H](O)[C@@H]3CC[C@H]3CN3Cc4ccc(Cl)cc4CCCCOc4ccc(C(=O)OC(C)(C)C)cc43)C2)cc1. The Labute approximate surface area is 379 Å². The van der Waals surface area contributed by atoms with Gasteiger partial charge in [0.05, 0.1) is 43.4 Å². The van der Waals surface area contributed by atoms with Crippen LogP contribution in [0.3, 0.4) is 0 Å². The standard InChI is InChI=1S/C51H63ClN2O8S/c1-34(63(57,58)54(30-35-10-18-44(59-5)19-11-35)31-36-12-20-45(60-6)21-13-36)25-37-26-42(27-37)49(55)46-22-15-41(46)33-53-32-40-14-17-43(52)28-38(40)9-7-8-24-61-48-23-16-39(29-47(48)53)50(56)62-51(2,3)4/h10-14,16-21,23,26,28-29,34,37,41,46,49,55H,7-9,15,22,24-25,27,30-33H2,1-6H3/t34?,37?,41-,46+,49+/m0/s1. The Bertz CT molecular complexity index is 2290. The van der Waals surface area contributed by atoms with Crippen LogP contribution in [0.5, 0.6) is 17.2 Å². The Balaban J connectivity index is 1.06. The largest absolute Gasteiger partial charge is 0.497 e. The van der Waals surface area contributed by atoms with Crippen LogP contribution in [-0.4, -0.2) is 68.1 Å². The van der Waals surface area contributed by atoms with Crippen LogP contribution in [0.4, 0.5) is 5.69 Å². The van der Waals surface area contributed by atoms with Crippen molar-refractivity contribution >= 4 is 33.3 Å². The molecule has 338 valence electrons. The number of rotatable bonds is 15. The van der Waals surface area contributed by atoms with E-state index in [1.807, 2.05) is 87.5 Å². The van der Waals surface area contributed by atoms with Gasteiger partial charge in [-0.15, -0.1) is 0 Å². The number of nitrogens with zero attached hydrogens (tertiary/aromatic N) is 2. The number of allylic oxidation sites excluding steroid dienone is 1. The predicted molar refractivity (Wildman–Crippen MR) is 249 cm³/mol. The van der Waals surface area contributed by atoms with E-state index in [-0.39, 0.29) is 36.8 Å². The highest BCUT2D eigenvalue weighted by Gasteiger charge is 2.42. The minimum absolute atomic E-state index is 0.0455. The number of ether oxygens (including phenoxy) is 4. The first-order valence-corrected chi connectivity index (χ1v) is 24.1. The molecule has 0 spiro atoms. The van der Waals surface area contributed by atoms with Gasteiger partial charge in [0.25, 0.3) is 0 Å². The fourth-order valence-corrected chi connectivity index (χ4v) is 10.9. The van der Waals surface area contributed by atoms with Gasteiger partial charge < -0.3 is 29.0 Å². The summed E-state index contributed by atoms with van der Waals surface area (Å²) in [6.45, 7) is 9.63. The number of aliphatic hydroxyl groups is 1. The van der Waals surface area contributed by atoms with Crippen LogP contribution in [0.2, 0.25) is 5.02 Å². The number of sulfonamides is 1. The molecular formula is C51H63ClN2O8S. The van der Waals surface area contributed by atoms with Crippen LogP contribution in [-0.2, 0) is 40.8 Å². The first-order chi connectivity index (χ1) is 30.1. The van der Waals surface area contributed by atoms with Crippen molar-refractivity contribution in [3.8, 4) is 17.2 Å². The molecule has 10 nitrogen and oxygen atoms in total. The van der Waals surface area contributed by atoms with Crippen molar-refractivity contribution in [1.29, 1.82) is 0 Å². The summed E-state index contributed by atoms with van der Waals surface area (Å²) >= 11 is 6.51. The summed E-state index contributed by atoms with van der Waals surface area (Å²) in [6, 6.07) is 26.6. The lowest BCUT2D eigenvalue weighted by molar-refractivity contribution is 0.00694. The van der Waals surface area contributed by atoms with Crippen molar-refractivity contribution in [2.45, 2.75) is 109 Å². The van der Waals surface area contributed by atoms with E-state index >= 15 is 0 Å². The van der Waals surface area contributed by atoms with E-state index in [9.17, 15) is 18.3 Å². The van der Waals surface area contributed by atoms with Crippen molar-refractivity contribution in [1.82, 2.24) is 4.31 Å². The zero-order valence-electron chi connectivity index (χ0n) is 37.5. The number of benzene rings is 4. The molecule has 2 aliphatic carbocycles. The van der Waals surface area contributed by atoms with E-state index in [0.29, 0.717) is 54.6 Å². The molecule has 63 heavy (non-hydrogen) atoms. The molecule has 4 aromatic rings. The number of fused-ring (bicyclic) bond motifs is 2. The first-order valence-electron chi connectivity index (χ1n) is 22.3. The van der Waals surface area contributed by atoms with Gasteiger partial charge in [-0.25, -0.2) is 13.2 Å². The lowest BCUT2D eigenvalue weighted by Gasteiger charge is -2.45. The van der Waals surface area contributed by atoms with Crippen molar-refractivity contribution < 1.29 is 37.3 Å². The van der Waals surface area contributed by atoms with Crippen LogP contribution in [0, 0.1) is 17.8 Å². The molecule has 0 bridgehead atoms. The van der Waals surface area contributed by atoms with E-state index in [1.165, 1.54) is 11.1 Å². The lowest BCUT2D eigenvalue weighted by atomic mass is 9.65. The number of halogens is 1. The Morgan fingerprint density at radius 1 is 0.905 bits per heavy atom. The number of hydrogen-bond donors (Lipinski definition) is 1. The Hall–Kier alpha value is -4.55. The molecule has 7 rings (SSSR count). The molecule has 1 saturated carbocycles. The summed E-state index contributed by atoms with van der Waals surface area (Å²) in [5.74, 6) is 2.03. The van der Waals surface area contributed by atoms with Gasteiger partial charge in [-0.05, 0) is 173 Å². The zero-order valence-corrected chi connectivity index (χ0v) is 39.1. The van der Waals surface area contributed by atoms with Gasteiger partial charge >= 0.3 is 5.97 Å². The molecule has 1 N–H and O–H groups in total. The third kappa shape index (κ3) is 11.6. The Kier molecular flexibility index (Phi) is 14.8. The van der Waals surface area contributed by atoms with E-state index in [2.05, 4.69) is 23.1 Å². The molecule has 1 fully saturated rings. The summed E-state index contributed by atoms with van der Waals surface area (Å²) in [5.41, 5.74) is 5.75. The van der Waals surface area contributed by atoms with Crippen LogP contribution >= 0.6 is 11.6 Å².